The van der Waals surface area contributed by atoms with Crippen molar-refractivity contribution in [2.75, 3.05) is 6.26 Å². The van der Waals surface area contributed by atoms with E-state index in [0.717, 1.165) is 17.0 Å². The summed E-state index contributed by atoms with van der Waals surface area (Å²) < 4.78 is 27.1. The number of rotatable bonds is 3. The molecular formula is C14H12F2OS. The topological polar surface area (TPSA) is 20.2 Å². The van der Waals surface area contributed by atoms with Gasteiger partial charge in [0.25, 0.3) is 0 Å². The summed E-state index contributed by atoms with van der Waals surface area (Å²) >= 11 is 1.56. The van der Waals surface area contributed by atoms with E-state index in [1.54, 1.807) is 23.9 Å². The van der Waals surface area contributed by atoms with Crippen LogP contribution < -0.4 is 0 Å². The third-order valence-electron chi connectivity index (χ3n) is 2.70. The van der Waals surface area contributed by atoms with Crippen molar-refractivity contribution >= 4 is 11.8 Å². The molecule has 0 heterocycles. The Morgan fingerprint density at radius 3 is 2.06 bits per heavy atom. The summed E-state index contributed by atoms with van der Waals surface area (Å²) in [5.41, 5.74) is 0.159. The number of aliphatic hydroxyl groups excluding tert-OH is 1. The molecule has 0 saturated heterocycles. The normalized spacial score (nSPS) is 12.4. The number of benzene rings is 2. The van der Waals surface area contributed by atoms with Gasteiger partial charge in [-0.1, -0.05) is 18.2 Å². The molecular weight excluding hydrogens is 254 g/mol. The van der Waals surface area contributed by atoms with Crippen LogP contribution in [0.5, 0.6) is 0 Å². The van der Waals surface area contributed by atoms with E-state index in [4.69, 9.17) is 0 Å². The molecule has 2 aromatic rings. The molecule has 1 atom stereocenters. The molecule has 0 radical (unpaired) electrons. The lowest BCUT2D eigenvalue weighted by molar-refractivity contribution is 0.209. The molecule has 4 heteroatoms. The lowest BCUT2D eigenvalue weighted by Gasteiger charge is -2.13. The molecule has 2 aromatic carbocycles. The minimum Gasteiger partial charge on any atom is -0.383 e. The summed E-state index contributed by atoms with van der Waals surface area (Å²) in [4.78, 5) is 1.03. The molecule has 0 aliphatic heterocycles. The number of hydrogen-bond acceptors (Lipinski definition) is 2. The quantitative estimate of drug-likeness (QED) is 0.853. The zero-order chi connectivity index (χ0) is 13.1. The number of aliphatic hydroxyl groups is 1. The van der Waals surface area contributed by atoms with Gasteiger partial charge in [0.2, 0.25) is 0 Å². The van der Waals surface area contributed by atoms with E-state index in [-0.39, 0.29) is 5.56 Å². The largest absolute Gasteiger partial charge is 0.383 e. The summed E-state index contributed by atoms with van der Waals surface area (Å²) in [6, 6.07) is 10.5. The SMILES string of the molecule is CSc1ccc(C(O)c2c(F)cccc2F)cc1. The maximum atomic E-state index is 13.5. The second-order valence-electron chi connectivity index (χ2n) is 3.81. The molecule has 1 nitrogen and oxygen atoms in total. The molecule has 0 saturated carbocycles. The molecule has 18 heavy (non-hydrogen) atoms. The fourth-order valence-corrected chi connectivity index (χ4v) is 2.13. The second-order valence-corrected chi connectivity index (χ2v) is 4.69. The molecule has 0 amide bonds. The first-order valence-electron chi connectivity index (χ1n) is 5.39. The molecule has 0 fully saturated rings. The summed E-state index contributed by atoms with van der Waals surface area (Å²) in [6.07, 6.45) is 0.643. The molecule has 1 unspecified atom stereocenters. The Morgan fingerprint density at radius 1 is 1.00 bits per heavy atom. The Bertz CT molecular complexity index is 520. The Hall–Kier alpha value is -1.39. The minimum absolute atomic E-state index is 0.311. The van der Waals surface area contributed by atoms with Crippen molar-refractivity contribution in [2.45, 2.75) is 11.0 Å². The monoisotopic (exact) mass is 266 g/mol. The van der Waals surface area contributed by atoms with Crippen LogP contribution in [0.25, 0.3) is 0 Å². The van der Waals surface area contributed by atoms with E-state index in [9.17, 15) is 13.9 Å². The molecule has 0 aliphatic carbocycles. The second kappa shape index (κ2) is 5.50. The molecule has 0 spiro atoms. The summed E-state index contributed by atoms with van der Waals surface area (Å²) in [5.74, 6) is -1.48. The van der Waals surface area contributed by atoms with Gasteiger partial charge in [-0.3, -0.25) is 0 Å². The smallest absolute Gasteiger partial charge is 0.132 e. The average molecular weight is 266 g/mol. The van der Waals surface area contributed by atoms with Gasteiger partial charge in [0.15, 0.2) is 0 Å². The fourth-order valence-electron chi connectivity index (χ4n) is 1.72. The van der Waals surface area contributed by atoms with Gasteiger partial charge in [-0.15, -0.1) is 11.8 Å². The first-order valence-corrected chi connectivity index (χ1v) is 6.62. The summed E-state index contributed by atoms with van der Waals surface area (Å²) in [5, 5.41) is 10.0. The van der Waals surface area contributed by atoms with E-state index in [1.165, 1.54) is 6.07 Å². The van der Waals surface area contributed by atoms with Crippen LogP contribution in [0.15, 0.2) is 47.4 Å². The van der Waals surface area contributed by atoms with Gasteiger partial charge in [-0.2, -0.15) is 0 Å². The maximum Gasteiger partial charge on any atom is 0.132 e. The molecule has 1 N–H and O–H groups in total. The van der Waals surface area contributed by atoms with Gasteiger partial charge in [0.05, 0.1) is 5.56 Å². The minimum atomic E-state index is -1.29. The van der Waals surface area contributed by atoms with E-state index in [0.29, 0.717) is 5.56 Å². The lowest BCUT2D eigenvalue weighted by atomic mass is 10.0. The Morgan fingerprint density at radius 2 is 1.56 bits per heavy atom. The van der Waals surface area contributed by atoms with Gasteiger partial charge in [0.1, 0.15) is 17.7 Å². The van der Waals surface area contributed by atoms with Gasteiger partial charge >= 0.3 is 0 Å². The van der Waals surface area contributed by atoms with Crippen molar-refractivity contribution < 1.29 is 13.9 Å². The molecule has 0 bridgehead atoms. The van der Waals surface area contributed by atoms with Gasteiger partial charge in [0, 0.05) is 4.90 Å². The van der Waals surface area contributed by atoms with Crippen molar-refractivity contribution in [3.63, 3.8) is 0 Å². The van der Waals surface area contributed by atoms with E-state index >= 15 is 0 Å². The highest BCUT2D eigenvalue weighted by Crippen LogP contribution is 2.27. The first kappa shape index (κ1) is 13.1. The first-order chi connectivity index (χ1) is 8.63. The van der Waals surface area contributed by atoms with E-state index in [2.05, 4.69) is 0 Å². The van der Waals surface area contributed by atoms with Crippen LogP contribution >= 0.6 is 11.8 Å². The predicted octanol–water partition coefficient (Wildman–Crippen LogP) is 3.77. The number of halogens is 2. The summed E-state index contributed by atoms with van der Waals surface area (Å²) in [6.45, 7) is 0. The van der Waals surface area contributed by atoms with E-state index < -0.39 is 17.7 Å². The maximum absolute atomic E-state index is 13.5. The fraction of sp³-hybridized carbons (Fsp3) is 0.143. The number of thioether (sulfide) groups is 1. The third-order valence-corrected chi connectivity index (χ3v) is 3.45. The van der Waals surface area contributed by atoms with Crippen LogP contribution in [0, 0.1) is 11.6 Å². The van der Waals surface area contributed by atoms with Crippen molar-refractivity contribution in [1.82, 2.24) is 0 Å². The van der Waals surface area contributed by atoms with Gasteiger partial charge in [-0.25, -0.2) is 8.78 Å². The Kier molecular flexibility index (Phi) is 3.99. The van der Waals surface area contributed by atoms with Crippen LogP contribution in [0.2, 0.25) is 0 Å². The lowest BCUT2D eigenvalue weighted by Crippen LogP contribution is -2.05. The highest BCUT2D eigenvalue weighted by Gasteiger charge is 2.19. The Balaban J connectivity index is 2.38. The number of hydrogen-bond donors (Lipinski definition) is 1. The average Bonchev–Trinajstić information content (AvgIpc) is 2.38. The van der Waals surface area contributed by atoms with Crippen LogP contribution in [0.3, 0.4) is 0 Å². The highest BCUT2D eigenvalue weighted by atomic mass is 32.2. The summed E-state index contributed by atoms with van der Waals surface area (Å²) in [7, 11) is 0. The standard InChI is InChI=1S/C14H12F2OS/c1-18-10-7-5-9(6-8-10)14(17)13-11(15)3-2-4-12(13)16/h2-8,14,17H,1H3. The highest BCUT2D eigenvalue weighted by molar-refractivity contribution is 7.98. The third kappa shape index (κ3) is 2.54. The molecule has 2 rings (SSSR count). The zero-order valence-corrected chi connectivity index (χ0v) is 10.5. The van der Waals surface area contributed by atoms with E-state index in [1.807, 2.05) is 18.4 Å². The molecule has 94 valence electrons. The van der Waals surface area contributed by atoms with Crippen LogP contribution in [-0.2, 0) is 0 Å². The van der Waals surface area contributed by atoms with Crippen molar-refractivity contribution in [2.24, 2.45) is 0 Å². The Labute approximate surface area is 108 Å². The predicted molar refractivity (Wildman–Crippen MR) is 68.6 cm³/mol. The van der Waals surface area contributed by atoms with Gasteiger partial charge < -0.3 is 5.11 Å². The van der Waals surface area contributed by atoms with Gasteiger partial charge in [-0.05, 0) is 36.1 Å². The van der Waals surface area contributed by atoms with Crippen molar-refractivity contribution in [1.29, 1.82) is 0 Å². The van der Waals surface area contributed by atoms with Crippen molar-refractivity contribution in [3.05, 3.63) is 65.2 Å². The van der Waals surface area contributed by atoms with Crippen LogP contribution in [0.4, 0.5) is 8.78 Å². The molecule has 0 aromatic heterocycles. The van der Waals surface area contributed by atoms with Crippen LogP contribution in [-0.4, -0.2) is 11.4 Å². The molecule has 0 aliphatic rings. The zero-order valence-electron chi connectivity index (χ0n) is 9.73. The van der Waals surface area contributed by atoms with Crippen molar-refractivity contribution in [3.8, 4) is 0 Å². The van der Waals surface area contributed by atoms with Crippen LogP contribution in [0.1, 0.15) is 17.2 Å².